The molecule has 3 heterocycles. The second kappa shape index (κ2) is 7.43. The first-order chi connectivity index (χ1) is 14.8. The number of imide groups is 1. The number of aromatic nitrogens is 2. The summed E-state index contributed by atoms with van der Waals surface area (Å²) in [4.78, 5) is 39.2. The van der Waals surface area contributed by atoms with Gasteiger partial charge < -0.3 is 4.90 Å². The van der Waals surface area contributed by atoms with E-state index in [9.17, 15) is 9.59 Å². The molecule has 7 heteroatoms. The average Bonchev–Trinajstić information content (AvgIpc) is 3.44. The molecule has 2 bridgehead atoms. The number of nitrogens with zero attached hydrogens (tertiary/aromatic N) is 5. The minimum atomic E-state index is -1.49. The van der Waals surface area contributed by atoms with Crippen LogP contribution in [0.1, 0.15) is 36.2 Å². The van der Waals surface area contributed by atoms with E-state index in [1.165, 1.54) is 17.3 Å². The third-order valence-corrected chi connectivity index (χ3v) is 6.98. The molecule has 2 saturated heterocycles. The van der Waals surface area contributed by atoms with E-state index in [1.807, 2.05) is 9.80 Å². The number of carbonyl (C=O) groups excluding carboxylic acids is 2. The van der Waals surface area contributed by atoms with Crippen LogP contribution in [0.2, 0.25) is 0 Å². The standard InChI is InChI=1S/C21H29N5O2/c27-19-17-15-4-5-16(14-15)18(17)20(28)26(19)9-2-1-8-24-10-12-25(13-11-24)21-22-6-3-7-23-21/h3,6-7,15-18H,1-2,4-5,8-14H2/t15-,16+,17-,18+/i3D,8D2. The molecule has 28 heavy (non-hydrogen) atoms. The Morgan fingerprint density at radius 3 is 2.29 bits per heavy atom. The molecule has 2 saturated carbocycles. The molecule has 150 valence electrons. The van der Waals surface area contributed by atoms with E-state index in [1.54, 1.807) is 0 Å². The molecule has 4 atom stereocenters. The zero-order valence-electron chi connectivity index (χ0n) is 19.1. The van der Waals surface area contributed by atoms with Gasteiger partial charge in [0.2, 0.25) is 17.8 Å². The number of hydrogen-bond donors (Lipinski definition) is 0. The fourth-order valence-electron chi connectivity index (χ4n) is 5.65. The molecule has 0 radical (unpaired) electrons. The molecule has 2 aliphatic carbocycles. The number of hydrogen-bond acceptors (Lipinski definition) is 6. The molecule has 0 unspecified atom stereocenters. The minimum Gasteiger partial charge on any atom is -0.338 e. The van der Waals surface area contributed by atoms with Gasteiger partial charge in [-0.3, -0.25) is 19.4 Å². The van der Waals surface area contributed by atoms with E-state index in [4.69, 9.17) is 4.11 Å². The summed E-state index contributed by atoms with van der Waals surface area (Å²) in [6.45, 7) is 1.18. The second-order valence-corrected chi connectivity index (χ2v) is 8.43. The van der Waals surface area contributed by atoms with Gasteiger partial charge in [-0.05, 0) is 56.5 Å². The number of piperazine rings is 1. The molecule has 4 aliphatic rings. The van der Waals surface area contributed by atoms with Crippen molar-refractivity contribution in [2.24, 2.45) is 23.7 Å². The van der Waals surface area contributed by atoms with Crippen LogP contribution in [-0.2, 0) is 9.59 Å². The van der Waals surface area contributed by atoms with Gasteiger partial charge in [-0.25, -0.2) is 9.97 Å². The van der Waals surface area contributed by atoms with Crippen LogP contribution in [-0.4, -0.2) is 70.8 Å². The van der Waals surface area contributed by atoms with Crippen LogP contribution >= 0.6 is 0 Å². The van der Waals surface area contributed by atoms with Crippen LogP contribution in [0.5, 0.6) is 0 Å². The van der Waals surface area contributed by atoms with Crippen molar-refractivity contribution in [2.45, 2.75) is 32.1 Å². The van der Waals surface area contributed by atoms with Gasteiger partial charge >= 0.3 is 0 Å². The molecule has 0 spiro atoms. The lowest BCUT2D eigenvalue weighted by Crippen LogP contribution is -2.47. The third kappa shape index (κ3) is 3.09. The third-order valence-electron chi connectivity index (χ3n) is 6.98. The normalized spacial score (nSPS) is 34.5. The lowest BCUT2D eigenvalue weighted by atomic mass is 9.81. The van der Waals surface area contributed by atoms with Crippen LogP contribution < -0.4 is 4.90 Å². The zero-order chi connectivity index (χ0) is 21.8. The molecule has 1 aromatic heterocycles. The van der Waals surface area contributed by atoms with E-state index in [0.29, 0.717) is 56.9 Å². The Kier molecular flexibility index (Phi) is 3.95. The van der Waals surface area contributed by atoms with Gasteiger partial charge in [0.1, 0.15) is 0 Å². The summed E-state index contributed by atoms with van der Waals surface area (Å²) in [7, 11) is 0. The van der Waals surface area contributed by atoms with Gasteiger partial charge in [-0.2, -0.15) is 0 Å². The highest BCUT2D eigenvalue weighted by atomic mass is 16.2. The van der Waals surface area contributed by atoms with Gasteiger partial charge in [0.05, 0.1) is 13.2 Å². The quantitative estimate of drug-likeness (QED) is 0.689. The Labute approximate surface area is 170 Å². The molecule has 0 N–H and O–H groups in total. The van der Waals surface area contributed by atoms with Crippen LogP contribution in [0.15, 0.2) is 18.4 Å². The predicted molar refractivity (Wildman–Crippen MR) is 104 cm³/mol. The molecule has 5 rings (SSSR count). The van der Waals surface area contributed by atoms with Crippen molar-refractivity contribution in [1.29, 1.82) is 0 Å². The van der Waals surface area contributed by atoms with Crippen molar-refractivity contribution in [3.05, 3.63) is 18.4 Å². The number of rotatable bonds is 6. The van der Waals surface area contributed by atoms with Crippen LogP contribution in [0, 0.1) is 23.7 Å². The lowest BCUT2D eigenvalue weighted by molar-refractivity contribution is -0.140. The van der Waals surface area contributed by atoms with Gasteiger partial charge in [0.25, 0.3) is 0 Å². The summed E-state index contributed by atoms with van der Waals surface area (Å²) in [6, 6.07) is 0.268. The SMILES string of the molecule is [2H]c1cnc(N2CCN(C([2H])([2H])CCCN3C(=O)[C@@H]4[C@@H]5CC[C@@H](C5)[C@@H]4C3=O)CC2)nc1. The maximum absolute atomic E-state index is 12.8. The highest BCUT2D eigenvalue weighted by molar-refractivity contribution is 6.06. The van der Waals surface area contributed by atoms with Crippen molar-refractivity contribution in [1.82, 2.24) is 19.8 Å². The fraction of sp³-hybridized carbons (Fsp3) is 0.714. The van der Waals surface area contributed by atoms with E-state index >= 15 is 0 Å². The Bertz CT molecular complexity index is 831. The summed E-state index contributed by atoms with van der Waals surface area (Å²) >= 11 is 0. The van der Waals surface area contributed by atoms with Crippen molar-refractivity contribution in [3.8, 4) is 0 Å². The first kappa shape index (κ1) is 14.9. The largest absolute Gasteiger partial charge is 0.338 e. The Hall–Kier alpha value is -2.02. The van der Waals surface area contributed by atoms with E-state index < -0.39 is 6.50 Å². The lowest BCUT2D eigenvalue weighted by Gasteiger charge is -2.34. The Morgan fingerprint density at radius 2 is 1.64 bits per heavy atom. The second-order valence-electron chi connectivity index (χ2n) is 8.43. The predicted octanol–water partition coefficient (Wildman–Crippen LogP) is 1.41. The van der Waals surface area contributed by atoms with Gasteiger partial charge in [-0.1, -0.05) is 0 Å². The average molecular weight is 387 g/mol. The van der Waals surface area contributed by atoms with Crippen molar-refractivity contribution < 1.29 is 13.7 Å². The van der Waals surface area contributed by atoms with Gasteiger partial charge in [0.15, 0.2) is 0 Å². The molecular formula is C21H29N5O2. The number of likely N-dealkylation sites (tertiary alicyclic amines) is 1. The van der Waals surface area contributed by atoms with Crippen LogP contribution in [0.4, 0.5) is 5.95 Å². The summed E-state index contributed by atoms with van der Waals surface area (Å²) in [5.41, 5.74) is 0. The molecule has 2 aliphatic heterocycles. The number of carbonyl (C=O) groups is 2. The minimum absolute atomic E-state index is 0.00456. The summed E-state index contributed by atoms with van der Waals surface area (Å²) < 4.78 is 24.5. The van der Waals surface area contributed by atoms with Gasteiger partial charge in [-0.15, -0.1) is 0 Å². The number of anilines is 1. The first-order valence-corrected chi connectivity index (χ1v) is 10.5. The van der Waals surface area contributed by atoms with Crippen molar-refractivity contribution in [3.63, 3.8) is 0 Å². The fourth-order valence-corrected chi connectivity index (χ4v) is 5.65. The topological polar surface area (TPSA) is 69.6 Å². The van der Waals surface area contributed by atoms with Crippen LogP contribution in [0.3, 0.4) is 0 Å². The molecule has 0 aromatic carbocycles. The first-order valence-electron chi connectivity index (χ1n) is 12.0. The molecule has 4 fully saturated rings. The van der Waals surface area contributed by atoms with E-state index in [-0.39, 0.29) is 36.1 Å². The molecule has 1 aromatic rings. The van der Waals surface area contributed by atoms with Gasteiger partial charge in [0, 0.05) is 47.9 Å². The summed E-state index contributed by atoms with van der Waals surface area (Å²) in [5.74, 6) is 1.15. The van der Waals surface area contributed by atoms with Crippen molar-refractivity contribution >= 4 is 17.8 Å². The smallest absolute Gasteiger partial charge is 0.233 e. The highest BCUT2D eigenvalue weighted by Crippen LogP contribution is 2.56. The number of amides is 2. The van der Waals surface area contributed by atoms with Crippen molar-refractivity contribution in [2.75, 3.05) is 44.1 Å². The number of fused-ring (bicyclic) bond motifs is 5. The van der Waals surface area contributed by atoms with E-state index in [0.717, 1.165) is 19.3 Å². The molecule has 2 amide bonds. The zero-order valence-corrected chi connectivity index (χ0v) is 16.1. The maximum Gasteiger partial charge on any atom is 0.233 e. The van der Waals surface area contributed by atoms with Crippen LogP contribution in [0.25, 0.3) is 0 Å². The monoisotopic (exact) mass is 386 g/mol. The Morgan fingerprint density at radius 1 is 1.00 bits per heavy atom. The van der Waals surface area contributed by atoms with E-state index in [2.05, 4.69) is 9.97 Å². The highest BCUT2D eigenvalue weighted by Gasteiger charge is 2.60. The summed E-state index contributed by atoms with van der Waals surface area (Å²) in [5, 5.41) is 0. The Balaban J connectivity index is 1.12. The maximum atomic E-state index is 12.8. The molecule has 7 nitrogen and oxygen atoms in total. The molecular weight excluding hydrogens is 354 g/mol. The summed E-state index contributed by atoms with van der Waals surface area (Å²) in [6.07, 6.45) is 6.89.